The Morgan fingerprint density at radius 1 is 1.11 bits per heavy atom. The average Bonchev–Trinajstić information content (AvgIpc) is 2.72. The van der Waals surface area contributed by atoms with Crippen LogP contribution in [0.2, 0.25) is 0 Å². The minimum Gasteiger partial charge on any atom is -0.497 e. The number of hydrogen-bond donors (Lipinski definition) is 1. The van der Waals surface area contributed by atoms with E-state index in [4.69, 9.17) is 4.74 Å². The Morgan fingerprint density at radius 2 is 1.86 bits per heavy atom. The zero-order chi connectivity index (χ0) is 20.1. The lowest BCUT2D eigenvalue weighted by Gasteiger charge is -2.14. The van der Waals surface area contributed by atoms with Crippen LogP contribution in [0.3, 0.4) is 0 Å². The fourth-order valence-electron chi connectivity index (χ4n) is 2.71. The van der Waals surface area contributed by atoms with Crippen LogP contribution in [0, 0.1) is 6.92 Å². The van der Waals surface area contributed by atoms with E-state index >= 15 is 0 Å². The van der Waals surface area contributed by atoms with E-state index in [1.165, 1.54) is 0 Å². The summed E-state index contributed by atoms with van der Waals surface area (Å²) in [7, 11) is 0.0896. The van der Waals surface area contributed by atoms with Crippen molar-refractivity contribution in [2.75, 3.05) is 12.4 Å². The molecule has 0 aliphatic carbocycles. The molecule has 2 heterocycles. The van der Waals surface area contributed by atoms with Crippen molar-refractivity contribution in [1.29, 1.82) is 0 Å². The second-order valence-electron chi connectivity index (χ2n) is 6.21. The first kappa shape index (κ1) is 19.7. The monoisotopic (exact) mass is 395 g/mol. The summed E-state index contributed by atoms with van der Waals surface area (Å²) in [6.07, 6.45) is 3.17. The van der Waals surface area contributed by atoms with Crippen LogP contribution in [-0.4, -0.2) is 27.2 Å². The molecule has 3 aromatic rings. The van der Waals surface area contributed by atoms with E-state index < -0.39 is 10.8 Å². The van der Waals surface area contributed by atoms with E-state index in [9.17, 15) is 9.00 Å². The van der Waals surface area contributed by atoms with Gasteiger partial charge < -0.3 is 10.1 Å². The quantitative estimate of drug-likeness (QED) is 0.684. The Balaban J connectivity index is 1.85. The number of anilines is 1. The molecule has 2 atom stereocenters. The van der Waals surface area contributed by atoms with Crippen molar-refractivity contribution in [3.05, 3.63) is 77.7 Å². The van der Waals surface area contributed by atoms with E-state index in [2.05, 4.69) is 15.3 Å². The summed E-state index contributed by atoms with van der Waals surface area (Å²) < 4.78 is 18.3. The molecule has 0 aliphatic rings. The number of pyridine rings is 2. The first-order chi connectivity index (χ1) is 13.5. The number of methoxy groups -OCH3 is 1. The summed E-state index contributed by atoms with van der Waals surface area (Å²) >= 11 is 0. The second-order valence-corrected chi connectivity index (χ2v) is 7.90. The molecule has 0 bridgehead atoms. The Kier molecular flexibility index (Phi) is 6.16. The molecule has 144 valence electrons. The van der Waals surface area contributed by atoms with Crippen LogP contribution in [-0.2, 0) is 10.8 Å². The van der Waals surface area contributed by atoms with Crippen molar-refractivity contribution >= 4 is 22.4 Å². The van der Waals surface area contributed by atoms with Gasteiger partial charge in [-0.1, -0.05) is 12.1 Å². The molecule has 1 amide bonds. The molecule has 7 heteroatoms. The third-order valence-corrected chi connectivity index (χ3v) is 5.89. The molecule has 0 aliphatic heterocycles. The molecule has 6 nitrogen and oxygen atoms in total. The molecule has 3 rings (SSSR count). The molecule has 0 spiro atoms. The number of ether oxygens (including phenoxy) is 1. The number of carbonyl (C=O) groups is 1. The Hall–Kier alpha value is -3.06. The van der Waals surface area contributed by atoms with Crippen LogP contribution in [0.5, 0.6) is 5.75 Å². The number of aryl methyl sites for hydroxylation is 1. The predicted molar refractivity (Wildman–Crippen MR) is 109 cm³/mol. The van der Waals surface area contributed by atoms with Crippen LogP contribution >= 0.6 is 0 Å². The first-order valence-corrected chi connectivity index (χ1v) is 9.94. The van der Waals surface area contributed by atoms with Crippen LogP contribution in [0.1, 0.15) is 33.8 Å². The molecule has 0 radical (unpaired) electrons. The first-order valence-electron chi connectivity index (χ1n) is 8.73. The third kappa shape index (κ3) is 4.43. The van der Waals surface area contributed by atoms with Gasteiger partial charge in [0.2, 0.25) is 0 Å². The van der Waals surface area contributed by atoms with E-state index in [-0.39, 0.29) is 21.7 Å². The van der Waals surface area contributed by atoms with Crippen molar-refractivity contribution in [1.82, 2.24) is 9.97 Å². The lowest BCUT2D eigenvalue weighted by molar-refractivity contribution is 0.102. The molecule has 28 heavy (non-hydrogen) atoms. The van der Waals surface area contributed by atoms with Gasteiger partial charge in [-0.25, -0.2) is 4.98 Å². The zero-order valence-corrected chi connectivity index (χ0v) is 16.7. The van der Waals surface area contributed by atoms with Gasteiger partial charge in [0.1, 0.15) is 10.8 Å². The molecule has 1 aromatic carbocycles. The third-order valence-electron chi connectivity index (χ3n) is 4.27. The van der Waals surface area contributed by atoms with Crippen LogP contribution in [0.15, 0.2) is 66.0 Å². The van der Waals surface area contributed by atoms with Gasteiger partial charge in [0.05, 0.1) is 28.7 Å². The highest BCUT2D eigenvalue weighted by molar-refractivity contribution is 7.85. The molecule has 1 N–H and O–H groups in total. The fraction of sp³-hybridized carbons (Fsp3) is 0.190. The fourth-order valence-corrected chi connectivity index (χ4v) is 3.99. The number of carbonyl (C=O) groups excluding carboxylic acids is 1. The average molecular weight is 395 g/mol. The summed E-state index contributed by atoms with van der Waals surface area (Å²) in [5, 5.41) is 2.74. The normalized spacial score (nSPS) is 12.8. The maximum Gasteiger partial charge on any atom is 0.258 e. The largest absolute Gasteiger partial charge is 0.497 e. The minimum absolute atomic E-state index is 0.258. The highest BCUT2D eigenvalue weighted by Crippen LogP contribution is 2.27. The van der Waals surface area contributed by atoms with Crippen LogP contribution < -0.4 is 10.1 Å². The number of nitrogens with zero attached hydrogens (tertiary/aromatic N) is 2. The lowest BCUT2D eigenvalue weighted by atomic mass is 10.1. The molecule has 0 saturated heterocycles. The molecule has 2 aromatic heterocycles. The number of hydrogen-bond acceptors (Lipinski definition) is 5. The standard InChI is InChI=1S/C21H21N3O3S/c1-14-13-17(10-12-22-14)24-20(25)19-5-4-11-23-21(19)28(26)15(2)16-6-8-18(27-3)9-7-16/h4-13,15H,1-3H3,(H,22,24,25). The molecular weight excluding hydrogens is 374 g/mol. The number of amides is 1. The van der Waals surface area contributed by atoms with E-state index in [1.807, 2.05) is 38.1 Å². The van der Waals surface area contributed by atoms with Crippen molar-refractivity contribution in [2.45, 2.75) is 24.1 Å². The zero-order valence-electron chi connectivity index (χ0n) is 15.9. The number of rotatable bonds is 6. The van der Waals surface area contributed by atoms with Crippen molar-refractivity contribution in [2.24, 2.45) is 0 Å². The Bertz CT molecular complexity index is 1010. The van der Waals surface area contributed by atoms with Gasteiger partial charge in [-0.3, -0.25) is 14.0 Å². The number of nitrogens with one attached hydrogen (secondary N) is 1. The van der Waals surface area contributed by atoms with Crippen molar-refractivity contribution in [3.63, 3.8) is 0 Å². The van der Waals surface area contributed by atoms with Gasteiger partial charge in [-0.2, -0.15) is 0 Å². The van der Waals surface area contributed by atoms with Crippen molar-refractivity contribution < 1.29 is 13.7 Å². The van der Waals surface area contributed by atoms with Gasteiger partial charge in [0, 0.05) is 23.8 Å². The second kappa shape index (κ2) is 8.75. The number of aromatic nitrogens is 2. The van der Waals surface area contributed by atoms with E-state index in [0.29, 0.717) is 5.69 Å². The molecule has 2 unspecified atom stereocenters. The van der Waals surface area contributed by atoms with Crippen LogP contribution in [0.4, 0.5) is 5.69 Å². The number of benzene rings is 1. The molecule has 0 saturated carbocycles. The van der Waals surface area contributed by atoms with Gasteiger partial charge in [0.15, 0.2) is 0 Å². The highest BCUT2D eigenvalue weighted by Gasteiger charge is 2.23. The lowest BCUT2D eigenvalue weighted by Crippen LogP contribution is -2.17. The summed E-state index contributed by atoms with van der Waals surface area (Å²) in [4.78, 5) is 21.1. The minimum atomic E-state index is -1.51. The Labute approximate surface area is 166 Å². The van der Waals surface area contributed by atoms with Crippen molar-refractivity contribution in [3.8, 4) is 5.75 Å². The summed E-state index contributed by atoms with van der Waals surface area (Å²) in [5.41, 5.74) is 2.58. The predicted octanol–water partition coefficient (Wildman–Crippen LogP) is 3.91. The maximum atomic E-state index is 13.2. The topological polar surface area (TPSA) is 81.2 Å². The van der Waals surface area contributed by atoms with Gasteiger partial charge >= 0.3 is 0 Å². The van der Waals surface area contributed by atoms with Gasteiger partial charge in [-0.05, 0) is 55.8 Å². The summed E-state index contributed by atoms with van der Waals surface area (Å²) in [6.45, 7) is 3.69. The Morgan fingerprint density at radius 3 is 2.54 bits per heavy atom. The van der Waals surface area contributed by atoms with E-state index in [0.717, 1.165) is 17.0 Å². The molecule has 0 fully saturated rings. The van der Waals surface area contributed by atoms with Crippen LogP contribution in [0.25, 0.3) is 0 Å². The SMILES string of the molecule is COc1ccc(C(C)S(=O)c2ncccc2C(=O)Nc2ccnc(C)c2)cc1. The van der Waals surface area contributed by atoms with E-state index in [1.54, 1.807) is 43.8 Å². The van der Waals surface area contributed by atoms with Gasteiger partial charge in [0.25, 0.3) is 5.91 Å². The summed E-state index contributed by atoms with van der Waals surface area (Å²) in [6, 6.07) is 14.1. The smallest absolute Gasteiger partial charge is 0.258 e. The maximum absolute atomic E-state index is 13.2. The highest BCUT2D eigenvalue weighted by atomic mass is 32.2. The van der Waals surface area contributed by atoms with Gasteiger partial charge in [-0.15, -0.1) is 0 Å². The summed E-state index contributed by atoms with van der Waals surface area (Å²) in [5.74, 6) is 0.372. The molecular formula is C21H21N3O3S.